The van der Waals surface area contributed by atoms with E-state index in [0.29, 0.717) is 5.75 Å². The number of benzene rings is 4. The first-order valence-electron chi connectivity index (χ1n) is 12.6. The number of phenols is 1. The molecule has 0 bridgehead atoms. The molecule has 3 nitrogen and oxygen atoms in total. The van der Waals surface area contributed by atoms with Crippen LogP contribution in [0.3, 0.4) is 0 Å². The van der Waals surface area contributed by atoms with E-state index in [1.54, 1.807) is 12.3 Å². The van der Waals surface area contributed by atoms with Crippen molar-refractivity contribution in [1.29, 1.82) is 0 Å². The maximum Gasteiger partial charge on any atom is 0.182 e. The molecular weight excluding hydrogens is 673 g/mol. The Morgan fingerprint density at radius 3 is 1.85 bits per heavy atom. The van der Waals surface area contributed by atoms with Gasteiger partial charge in [0.2, 0.25) is 0 Å². The molecule has 5 heteroatoms. The fraction of sp³-hybridized carbons (Fsp3) is 0. The van der Waals surface area contributed by atoms with Crippen LogP contribution in [0.25, 0.3) is 22.5 Å². The number of phenolic OH excluding ortho intramolecular Hbond substituents is 1. The zero-order valence-electron chi connectivity index (χ0n) is 21.0. The summed E-state index contributed by atoms with van der Waals surface area (Å²) >= 11 is 0. The first kappa shape index (κ1) is 26.5. The number of fused-ring (bicyclic) bond motifs is 3. The van der Waals surface area contributed by atoms with Gasteiger partial charge >= 0.3 is 0 Å². The minimum absolute atomic E-state index is 0. The largest absolute Gasteiger partial charge is 0.507 e. The molecule has 191 valence electrons. The van der Waals surface area contributed by atoms with E-state index < -0.39 is 8.07 Å². The van der Waals surface area contributed by atoms with E-state index >= 15 is 0 Å². The van der Waals surface area contributed by atoms with Gasteiger partial charge in [-0.1, -0.05) is 91.0 Å². The second-order valence-corrected chi connectivity index (χ2v) is 12.8. The van der Waals surface area contributed by atoms with Crippen LogP contribution < -0.4 is 20.7 Å². The molecule has 0 unspecified atom stereocenters. The SMILES string of the molecule is Oc1cccc2c1-c1ncccc1[Si]2(c1ccccc1)c1ccccc1.[Ir].[c-]1ccccc1-c1ccccn1. The summed E-state index contributed by atoms with van der Waals surface area (Å²) in [6.45, 7) is 0. The van der Waals surface area contributed by atoms with Gasteiger partial charge in [-0.15, -0.1) is 35.9 Å². The van der Waals surface area contributed by atoms with E-state index in [2.05, 4.69) is 88.8 Å². The molecule has 1 aliphatic rings. The molecule has 0 saturated heterocycles. The van der Waals surface area contributed by atoms with E-state index in [1.807, 2.05) is 60.8 Å². The summed E-state index contributed by atoms with van der Waals surface area (Å²) in [6, 6.07) is 48.3. The molecule has 1 aliphatic heterocycles. The van der Waals surface area contributed by atoms with Crippen LogP contribution in [0.1, 0.15) is 0 Å². The van der Waals surface area contributed by atoms with Crippen LogP contribution in [0.5, 0.6) is 5.75 Å². The fourth-order valence-electron chi connectivity index (χ4n) is 5.39. The number of pyridine rings is 2. The van der Waals surface area contributed by atoms with E-state index in [4.69, 9.17) is 0 Å². The third kappa shape index (κ3) is 4.77. The van der Waals surface area contributed by atoms with E-state index in [1.165, 1.54) is 20.7 Å². The monoisotopic (exact) mass is 698 g/mol. The number of nitrogens with zero attached hydrogens (tertiary/aromatic N) is 2. The van der Waals surface area contributed by atoms with Crippen molar-refractivity contribution in [3.05, 3.63) is 152 Å². The summed E-state index contributed by atoms with van der Waals surface area (Å²) in [7, 11) is -2.48. The number of aromatic hydroxyl groups is 1. The topological polar surface area (TPSA) is 46.0 Å². The van der Waals surface area contributed by atoms with Crippen LogP contribution in [-0.4, -0.2) is 23.1 Å². The van der Waals surface area contributed by atoms with Crippen molar-refractivity contribution in [2.75, 3.05) is 0 Å². The Bertz CT molecular complexity index is 1590. The molecule has 0 aliphatic carbocycles. The van der Waals surface area contributed by atoms with E-state index in [-0.39, 0.29) is 20.1 Å². The van der Waals surface area contributed by atoms with Crippen LogP contribution in [0.2, 0.25) is 0 Å². The van der Waals surface area contributed by atoms with Crippen LogP contribution in [0, 0.1) is 6.07 Å². The molecule has 3 heterocycles. The average molecular weight is 698 g/mol. The van der Waals surface area contributed by atoms with Crippen molar-refractivity contribution in [2.45, 2.75) is 0 Å². The second-order valence-electron chi connectivity index (χ2n) is 9.07. The van der Waals surface area contributed by atoms with Gasteiger partial charge in [0.25, 0.3) is 0 Å². The molecule has 7 rings (SSSR count). The molecule has 39 heavy (non-hydrogen) atoms. The van der Waals surface area contributed by atoms with Crippen LogP contribution in [0.4, 0.5) is 0 Å². The smallest absolute Gasteiger partial charge is 0.182 e. The number of hydrogen-bond acceptors (Lipinski definition) is 3. The quantitative estimate of drug-likeness (QED) is 0.216. The Balaban J connectivity index is 0.000000200. The molecule has 2 aromatic heterocycles. The molecule has 1 N–H and O–H groups in total. The van der Waals surface area contributed by atoms with Gasteiger partial charge in [0.05, 0.1) is 5.69 Å². The normalized spacial score (nSPS) is 12.2. The Labute approximate surface area is 243 Å². The van der Waals surface area contributed by atoms with Gasteiger partial charge in [0.1, 0.15) is 5.75 Å². The molecule has 0 atom stereocenters. The van der Waals surface area contributed by atoms with Crippen LogP contribution in [-0.2, 0) is 20.1 Å². The molecule has 0 saturated carbocycles. The third-order valence-electron chi connectivity index (χ3n) is 6.96. The molecule has 6 aromatic rings. The Morgan fingerprint density at radius 2 is 1.21 bits per heavy atom. The number of rotatable bonds is 3. The van der Waals surface area contributed by atoms with Gasteiger partial charge in [-0.3, -0.25) is 4.98 Å². The minimum atomic E-state index is -2.48. The van der Waals surface area contributed by atoms with Crippen LogP contribution >= 0.6 is 0 Å². The van der Waals surface area contributed by atoms with Gasteiger partial charge < -0.3 is 10.1 Å². The second kappa shape index (κ2) is 11.7. The van der Waals surface area contributed by atoms with Gasteiger partial charge in [-0.2, -0.15) is 0 Å². The van der Waals surface area contributed by atoms with Crippen molar-refractivity contribution in [3.63, 3.8) is 0 Å². The summed E-state index contributed by atoms with van der Waals surface area (Å²) in [4.78, 5) is 8.90. The van der Waals surface area contributed by atoms with Crippen molar-refractivity contribution < 1.29 is 25.2 Å². The number of aromatic nitrogens is 2. The number of hydrogen-bond donors (Lipinski definition) is 1. The predicted molar refractivity (Wildman–Crippen MR) is 157 cm³/mol. The molecule has 0 fully saturated rings. The minimum Gasteiger partial charge on any atom is -0.507 e. The molecule has 1 radical (unpaired) electrons. The van der Waals surface area contributed by atoms with Gasteiger partial charge in [0.15, 0.2) is 8.07 Å². The van der Waals surface area contributed by atoms with E-state index in [0.717, 1.165) is 22.5 Å². The molecular formula is C34H25IrN2OSi-. The van der Waals surface area contributed by atoms with Crippen molar-refractivity contribution >= 4 is 28.8 Å². The summed E-state index contributed by atoms with van der Waals surface area (Å²) in [5, 5.41) is 15.8. The first-order valence-corrected chi connectivity index (χ1v) is 14.6. The van der Waals surface area contributed by atoms with Gasteiger partial charge in [-0.25, -0.2) is 0 Å². The zero-order valence-corrected chi connectivity index (χ0v) is 24.4. The fourth-order valence-corrected chi connectivity index (χ4v) is 10.5. The summed E-state index contributed by atoms with van der Waals surface area (Å²) in [6.07, 6.45) is 3.60. The first-order chi connectivity index (χ1) is 18.8. The molecule has 0 amide bonds. The third-order valence-corrected chi connectivity index (χ3v) is 11.8. The molecule has 4 aromatic carbocycles. The van der Waals surface area contributed by atoms with Crippen molar-refractivity contribution in [3.8, 4) is 28.3 Å². The van der Waals surface area contributed by atoms with Crippen molar-refractivity contribution in [1.82, 2.24) is 9.97 Å². The van der Waals surface area contributed by atoms with Gasteiger partial charge in [-0.05, 0) is 44.6 Å². The van der Waals surface area contributed by atoms with Gasteiger partial charge in [0, 0.05) is 38.1 Å². The predicted octanol–water partition coefficient (Wildman–Crippen LogP) is 4.69. The standard InChI is InChI=1S/C23H17NOSi.C11H8N.Ir/c25-19-13-7-14-20-22(19)23-21(15-8-16-24-23)26(20,17-9-3-1-4-10-17)18-11-5-2-6-12-18;1-2-6-10(7-3-1)11-8-4-5-9-12-11;/h1-16,25H;1-6,8-9H;/q;-1;. The zero-order chi connectivity index (χ0) is 25.8. The summed E-state index contributed by atoms with van der Waals surface area (Å²) in [5.74, 6) is 0.309. The van der Waals surface area contributed by atoms with E-state index in [9.17, 15) is 5.11 Å². The Morgan fingerprint density at radius 1 is 0.564 bits per heavy atom. The molecule has 0 spiro atoms. The summed E-state index contributed by atoms with van der Waals surface area (Å²) in [5.41, 5.74) is 3.82. The maximum atomic E-state index is 10.7. The maximum absolute atomic E-state index is 10.7. The average Bonchev–Trinajstić information content (AvgIpc) is 3.32. The van der Waals surface area contributed by atoms with Crippen molar-refractivity contribution in [2.24, 2.45) is 0 Å². The van der Waals surface area contributed by atoms with Crippen LogP contribution in [0.15, 0.2) is 146 Å². The Kier molecular flexibility index (Phi) is 7.94. The Hall–Kier alpha value is -4.15. The summed E-state index contributed by atoms with van der Waals surface area (Å²) < 4.78 is 0.